The van der Waals surface area contributed by atoms with Crippen LogP contribution in [0, 0.1) is 0 Å². The average molecular weight is 268 g/mol. The van der Waals surface area contributed by atoms with Crippen molar-refractivity contribution in [2.45, 2.75) is 51.9 Å². The van der Waals surface area contributed by atoms with Crippen LogP contribution in [0.15, 0.2) is 24.3 Å². The second-order valence-corrected chi connectivity index (χ2v) is 5.51. The molecular weight excluding hydrogens is 242 g/mol. The van der Waals surface area contributed by atoms with Gasteiger partial charge in [0.1, 0.15) is 0 Å². The lowest BCUT2D eigenvalue weighted by molar-refractivity contribution is 0.338. The zero-order chi connectivity index (χ0) is 13.4. The lowest BCUT2D eigenvalue weighted by Crippen LogP contribution is -2.38. The third kappa shape index (κ3) is 4.00. The summed E-state index contributed by atoms with van der Waals surface area (Å²) in [4.78, 5) is 0. The van der Waals surface area contributed by atoms with Gasteiger partial charge in [-0.15, -0.1) is 0 Å². The minimum absolute atomic E-state index is 0.240. The molecule has 2 heteroatoms. The van der Waals surface area contributed by atoms with E-state index in [9.17, 15) is 0 Å². The van der Waals surface area contributed by atoms with Crippen molar-refractivity contribution in [2.75, 3.05) is 13.1 Å². The van der Waals surface area contributed by atoms with Crippen molar-refractivity contribution >= 4 is 11.6 Å². The zero-order valence-corrected chi connectivity index (χ0v) is 12.7. The molecule has 102 valence electrons. The van der Waals surface area contributed by atoms with Gasteiger partial charge in [0.15, 0.2) is 0 Å². The molecule has 0 aliphatic rings. The predicted molar refractivity (Wildman–Crippen MR) is 81.5 cm³/mol. The number of hydrogen-bond acceptors (Lipinski definition) is 1. The van der Waals surface area contributed by atoms with Crippen molar-refractivity contribution in [3.05, 3.63) is 34.9 Å². The van der Waals surface area contributed by atoms with Crippen molar-refractivity contribution in [2.24, 2.45) is 0 Å². The van der Waals surface area contributed by atoms with Gasteiger partial charge in [-0.3, -0.25) is 0 Å². The summed E-state index contributed by atoms with van der Waals surface area (Å²) >= 11 is 6.16. The van der Waals surface area contributed by atoms with Gasteiger partial charge in [0, 0.05) is 17.0 Å². The van der Waals surface area contributed by atoms with E-state index in [1.54, 1.807) is 0 Å². The van der Waals surface area contributed by atoms with Gasteiger partial charge in [-0.1, -0.05) is 57.3 Å². The molecular formula is C16H26ClN. The molecule has 0 spiro atoms. The summed E-state index contributed by atoms with van der Waals surface area (Å²) in [5.74, 6) is 0. The Balaban J connectivity index is 3.05. The summed E-state index contributed by atoms with van der Waals surface area (Å²) in [6.45, 7) is 8.77. The fourth-order valence-electron chi connectivity index (χ4n) is 2.83. The maximum atomic E-state index is 6.16. The van der Waals surface area contributed by atoms with E-state index >= 15 is 0 Å². The van der Waals surface area contributed by atoms with Crippen LogP contribution in [-0.2, 0) is 5.41 Å². The van der Waals surface area contributed by atoms with Crippen LogP contribution < -0.4 is 5.32 Å². The van der Waals surface area contributed by atoms with Gasteiger partial charge in [0.2, 0.25) is 0 Å². The molecule has 18 heavy (non-hydrogen) atoms. The molecule has 0 aromatic heterocycles. The Morgan fingerprint density at radius 2 is 1.78 bits per heavy atom. The molecule has 0 atom stereocenters. The van der Waals surface area contributed by atoms with Crippen LogP contribution in [0.5, 0.6) is 0 Å². The van der Waals surface area contributed by atoms with Crippen molar-refractivity contribution < 1.29 is 0 Å². The lowest BCUT2D eigenvalue weighted by Gasteiger charge is -2.35. The molecule has 1 N–H and O–H groups in total. The van der Waals surface area contributed by atoms with Crippen LogP contribution in [-0.4, -0.2) is 13.1 Å². The Hall–Kier alpha value is -0.530. The van der Waals surface area contributed by atoms with Gasteiger partial charge in [0.05, 0.1) is 0 Å². The molecule has 0 fully saturated rings. The molecule has 0 heterocycles. The van der Waals surface area contributed by atoms with E-state index in [0.717, 1.165) is 18.1 Å². The summed E-state index contributed by atoms with van der Waals surface area (Å²) in [5, 5.41) is 4.38. The second kappa shape index (κ2) is 7.81. The minimum atomic E-state index is 0.240. The van der Waals surface area contributed by atoms with Crippen molar-refractivity contribution in [1.29, 1.82) is 0 Å². The van der Waals surface area contributed by atoms with E-state index in [1.807, 2.05) is 6.07 Å². The quantitative estimate of drug-likeness (QED) is 0.714. The summed E-state index contributed by atoms with van der Waals surface area (Å²) in [6, 6.07) is 8.41. The van der Waals surface area contributed by atoms with Gasteiger partial charge < -0.3 is 5.32 Å². The van der Waals surface area contributed by atoms with Crippen molar-refractivity contribution in [3.8, 4) is 0 Å². The zero-order valence-electron chi connectivity index (χ0n) is 11.9. The molecule has 0 amide bonds. The molecule has 1 nitrogen and oxygen atoms in total. The summed E-state index contributed by atoms with van der Waals surface area (Å²) in [6.07, 6.45) is 4.85. The van der Waals surface area contributed by atoms with Crippen LogP contribution in [0.4, 0.5) is 0 Å². The lowest BCUT2D eigenvalue weighted by atomic mass is 9.73. The molecule has 0 unspecified atom stereocenters. The van der Waals surface area contributed by atoms with E-state index < -0.39 is 0 Å². The Morgan fingerprint density at radius 3 is 2.28 bits per heavy atom. The smallest absolute Gasteiger partial charge is 0.0408 e. The molecule has 1 aromatic carbocycles. The first kappa shape index (κ1) is 15.5. The molecule has 0 saturated carbocycles. The van der Waals surface area contributed by atoms with Crippen molar-refractivity contribution in [3.63, 3.8) is 0 Å². The summed E-state index contributed by atoms with van der Waals surface area (Å²) in [7, 11) is 0. The van der Waals surface area contributed by atoms with E-state index in [4.69, 9.17) is 11.6 Å². The van der Waals surface area contributed by atoms with Crippen LogP contribution >= 0.6 is 11.6 Å². The highest BCUT2D eigenvalue weighted by molar-refractivity contribution is 6.30. The predicted octanol–water partition coefficient (Wildman–Crippen LogP) is 4.79. The number of likely N-dealkylation sites (N-methyl/N-ethyl adjacent to an activating group) is 1. The second-order valence-electron chi connectivity index (χ2n) is 5.07. The fraction of sp³-hybridized carbons (Fsp3) is 0.625. The topological polar surface area (TPSA) is 12.0 Å². The third-order valence-electron chi connectivity index (χ3n) is 3.61. The van der Waals surface area contributed by atoms with E-state index in [2.05, 4.69) is 44.3 Å². The van der Waals surface area contributed by atoms with Crippen molar-refractivity contribution in [1.82, 2.24) is 5.32 Å². The van der Waals surface area contributed by atoms with Gasteiger partial charge in [-0.25, -0.2) is 0 Å². The average Bonchev–Trinajstić information content (AvgIpc) is 2.36. The number of hydrogen-bond donors (Lipinski definition) is 1. The van der Waals surface area contributed by atoms with E-state index in [1.165, 1.54) is 31.2 Å². The van der Waals surface area contributed by atoms with Crippen LogP contribution in [0.3, 0.4) is 0 Å². The van der Waals surface area contributed by atoms with E-state index in [-0.39, 0.29) is 5.41 Å². The summed E-state index contributed by atoms with van der Waals surface area (Å²) in [5.41, 5.74) is 1.63. The summed E-state index contributed by atoms with van der Waals surface area (Å²) < 4.78 is 0. The minimum Gasteiger partial charge on any atom is -0.316 e. The first-order valence-corrected chi connectivity index (χ1v) is 7.53. The standard InChI is InChI=1S/C16H26ClN/c1-4-10-16(11-5-2,13-18-6-3)14-8-7-9-15(17)12-14/h7-9,12,18H,4-6,10-11,13H2,1-3H3. The fourth-order valence-corrected chi connectivity index (χ4v) is 3.02. The molecule has 0 saturated heterocycles. The molecule has 0 aliphatic carbocycles. The maximum Gasteiger partial charge on any atom is 0.0408 e. The van der Waals surface area contributed by atoms with Gasteiger partial charge in [0.25, 0.3) is 0 Å². The van der Waals surface area contributed by atoms with Crippen LogP contribution in [0.2, 0.25) is 5.02 Å². The normalized spacial score (nSPS) is 11.8. The van der Waals surface area contributed by atoms with Crippen LogP contribution in [0.1, 0.15) is 52.0 Å². The van der Waals surface area contributed by atoms with E-state index in [0.29, 0.717) is 0 Å². The molecule has 0 bridgehead atoms. The first-order valence-electron chi connectivity index (χ1n) is 7.15. The van der Waals surface area contributed by atoms with Gasteiger partial charge in [-0.05, 0) is 37.1 Å². The number of benzene rings is 1. The van der Waals surface area contributed by atoms with Gasteiger partial charge >= 0.3 is 0 Å². The Kier molecular flexibility index (Phi) is 6.73. The number of halogens is 1. The Labute approximate surface area is 117 Å². The van der Waals surface area contributed by atoms with Gasteiger partial charge in [-0.2, -0.15) is 0 Å². The number of nitrogens with one attached hydrogen (secondary N) is 1. The molecule has 1 rings (SSSR count). The third-order valence-corrected chi connectivity index (χ3v) is 3.84. The highest BCUT2D eigenvalue weighted by atomic mass is 35.5. The molecule has 0 radical (unpaired) electrons. The maximum absolute atomic E-state index is 6.16. The number of rotatable bonds is 8. The molecule has 0 aliphatic heterocycles. The highest BCUT2D eigenvalue weighted by Gasteiger charge is 2.30. The molecule has 1 aromatic rings. The largest absolute Gasteiger partial charge is 0.316 e. The highest BCUT2D eigenvalue weighted by Crippen LogP contribution is 2.35. The SMILES string of the molecule is CCCC(CCC)(CNCC)c1cccc(Cl)c1. The monoisotopic (exact) mass is 267 g/mol. The van der Waals surface area contributed by atoms with Crippen LogP contribution in [0.25, 0.3) is 0 Å². The Morgan fingerprint density at radius 1 is 1.11 bits per heavy atom. The first-order chi connectivity index (χ1) is 8.68. The Bertz CT molecular complexity index is 343.